The van der Waals surface area contributed by atoms with E-state index in [0.717, 1.165) is 5.92 Å². The zero-order valence-electron chi connectivity index (χ0n) is 14.5. The predicted octanol–water partition coefficient (Wildman–Crippen LogP) is 4.76. The Morgan fingerprint density at radius 2 is 1.46 bits per heavy atom. The van der Waals surface area contributed by atoms with E-state index >= 15 is 0 Å². The molecule has 0 bridgehead atoms. The maximum Gasteiger partial charge on any atom is 0.339 e. The van der Waals surface area contributed by atoms with Crippen LogP contribution in [0.25, 0.3) is 0 Å². The third-order valence-electron chi connectivity index (χ3n) is 3.70. The average molecular weight is 328 g/mol. The summed E-state index contributed by atoms with van der Waals surface area (Å²) in [6, 6.07) is 16.7. The van der Waals surface area contributed by atoms with E-state index in [4.69, 9.17) is 5.11 Å². The summed E-state index contributed by atoms with van der Waals surface area (Å²) < 4.78 is 4.69. The van der Waals surface area contributed by atoms with Crippen molar-refractivity contribution in [2.24, 2.45) is 5.92 Å². The largest absolute Gasteiger partial charge is 0.478 e. The number of carbonyl (C=O) groups is 2. The summed E-state index contributed by atoms with van der Waals surface area (Å²) in [6.45, 7) is 8.02. The molecule has 0 aromatic heterocycles. The number of hydrogen-bond donors (Lipinski definition) is 1. The normalized spacial score (nSPS) is 11.2. The molecule has 0 aliphatic heterocycles. The van der Waals surface area contributed by atoms with Crippen molar-refractivity contribution in [1.82, 2.24) is 0 Å². The van der Waals surface area contributed by atoms with Gasteiger partial charge in [0.2, 0.25) is 0 Å². The van der Waals surface area contributed by atoms with Crippen LogP contribution in [0.4, 0.5) is 0 Å². The maximum absolute atomic E-state index is 10.6. The van der Waals surface area contributed by atoms with Crippen molar-refractivity contribution in [3.05, 3.63) is 65.7 Å². The van der Waals surface area contributed by atoms with Crippen LogP contribution in [0.5, 0.6) is 5.75 Å². The second-order valence-electron chi connectivity index (χ2n) is 5.84. The number of rotatable bonds is 4. The summed E-state index contributed by atoms with van der Waals surface area (Å²) >= 11 is 0. The molecular weight excluding hydrogens is 304 g/mol. The van der Waals surface area contributed by atoms with Gasteiger partial charge < -0.3 is 9.84 Å². The third kappa shape index (κ3) is 6.24. The van der Waals surface area contributed by atoms with Crippen molar-refractivity contribution in [1.29, 1.82) is 0 Å². The second kappa shape index (κ2) is 9.50. The van der Waals surface area contributed by atoms with Crippen LogP contribution >= 0.6 is 0 Å². The van der Waals surface area contributed by atoms with Gasteiger partial charge in [-0.1, -0.05) is 63.2 Å². The highest BCUT2D eigenvalue weighted by Gasteiger charge is 2.11. The number of esters is 1. The van der Waals surface area contributed by atoms with Crippen molar-refractivity contribution < 1.29 is 19.4 Å². The fourth-order valence-electron chi connectivity index (χ4n) is 2.03. The summed E-state index contributed by atoms with van der Waals surface area (Å²) in [7, 11) is 0. The molecule has 4 nitrogen and oxygen atoms in total. The van der Waals surface area contributed by atoms with Crippen molar-refractivity contribution in [3.63, 3.8) is 0 Å². The predicted molar refractivity (Wildman–Crippen MR) is 94.4 cm³/mol. The number of hydrogen-bond acceptors (Lipinski definition) is 3. The first kappa shape index (κ1) is 19.4. The van der Waals surface area contributed by atoms with Crippen LogP contribution in [-0.4, -0.2) is 17.0 Å². The Balaban J connectivity index is 0.000000243. The van der Waals surface area contributed by atoms with Crippen molar-refractivity contribution in [2.75, 3.05) is 0 Å². The van der Waals surface area contributed by atoms with Gasteiger partial charge in [0.05, 0.1) is 0 Å². The van der Waals surface area contributed by atoms with Crippen LogP contribution in [0, 0.1) is 5.92 Å². The van der Waals surface area contributed by atoms with Gasteiger partial charge in [0.15, 0.2) is 0 Å². The van der Waals surface area contributed by atoms with Gasteiger partial charge in [0, 0.05) is 6.92 Å². The Morgan fingerprint density at radius 3 is 1.96 bits per heavy atom. The van der Waals surface area contributed by atoms with E-state index < -0.39 is 11.9 Å². The zero-order valence-corrected chi connectivity index (χ0v) is 14.5. The van der Waals surface area contributed by atoms with Gasteiger partial charge in [0.1, 0.15) is 11.3 Å². The van der Waals surface area contributed by atoms with E-state index in [0.29, 0.717) is 5.92 Å². The molecule has 1 N–H and O–H groups in total. The van der Waals surface area contributed by atoms with E-state index in [1.54, 1.807) is 12.1 Å². The molecular formula is C20H24O4. The Bertz CT molecular complexity index is 662. The Kier molecular flexibility index (Phi) is 7.69. The highest BCUT2D eigenvalue weighted by molar-refractivity contribution is 5.91. The lowest BCUT2D eigenvalue weighted by molar-refractivity contribution is -0.131. The van der Waals surface area contributed by atoms with Gasteiger partial charge >= 0.3 is 11.9 Å². The third-order valence-corrected chi connectivity index (χ3v) is 3.70. The van der Waals surface area contributed by atoms with Gasteiger partial charge in [-0.25, -0.2) is 4.79 Å². The van der Waals surface area contributed by atoms with E-state index in [1.807, 2.05) is 0 Å². The Hall–Kier alpha value is -2.62. The summed E-state index contributed by atoms with van der Waals surface area (Å²) in [5.41, 5.74) is 1.43. The molecule has 0 aliphatic carbocycles. The highest BCUT2D eigenvalue weighted by Crippen LogP contribution is 2.22. The van der Waals surface area contributed by atoms with Crippen LogP contribution < -0.4 is 4.74 Å². The average Bonchev–Trinajstić information content (AvgIpc) is 2.55. The molecule has 0 radical (unpaired) electrons. The van der Waals surface area contributed by atoms with E-state index in [1.165, 1.54) is 24.6 Å². The first-order valence-electron chi connectivity index (χ1n) is 7.88. The lowest BCUT2D eigenvalue weighted by Crippen LogP contribution is -2.06. The minimum Gasteiger partial charge on any atom is -0.478 e. The number of carbonyl (C=O) groups excluding carboxylic acids is 1. The zero-order chi connectivity index (χ0) is 18.1. The molecule has 2 aromatic carbocycles. The van der Waals surface area contributed by atoms with Crippen LogP contribution in [0.1, 0.15) is 49.5 Å². The van der Waals surface area contributed by atoms with Gasteiger partial charge in [-0.2, -0.15) is 0 Å². The fourth-order valence-corrected chi connectivity index (χ4v) is 2.03. The maximum atomic E-state index is 10.6. The second-order valence-corrected chi connectivity index (χ2v) is 5.84. The fraction of sp³-hybridized carbons (Fsp3) is 0.300. The molecule has 1 atom stereocenters. The van der Waals surface area contributed by atoms with Crippen molar-refractivity contribution in [2.45, 2.75) is 33.6 Å². The van der Waals surface area contributed by atoms with Crippen molar-refractivity contribution in [3.8, 4) is 5.75 Å². The van der Waals surface area contributed by atoms with Crippen LogP contribution in [0.2, 0.25) is 0 Å². The Labute approximate surface area is 143 Å². The molecule has 4 heteroatoms. The molecule has 2 aromatic rings. The number of ether oxygens (including phenoxy) is 1. The first-order valence-corrected chi connectivity index (χ1v) is 7.88. The lowest BCUT2D eigenvalue weighted by atomic mass is 9.91. The summed E-state index contributed by atoms with van der Waals surface area (Å²) in [5.74, 6) is -0.165. The van der Waals surface area contributed by atoms with Gasteiger partial charge in [0.25, 0.3) is 0 Å². The molecule has 0 amide bonds. The summed E-state index contributed by atoms with van der Waals surface area (Å²) in [4.78, 5) is 21.2. The number of carboxylic acids is 1. The van der Waals surface area contributed by atoms with Crippen LogP contribution in [0.15, 0.2) is 54.6 Å². The monoisotopic (exact) mass is 328 g/mol. The summed E-state index contributed by atoms with van der Waals surface area (Å²) in [6.07, 6.45) is 0. The van der Waals surface area contributed by atoms with E-state index in [9.17, 15) is 9.59 Å². The van der Waals surface area contributed by atoms with Crippen molar-refractivity contribution >= 4 is 11.9 Å². The molecule has 0 fully saturated rings. The van der Waals surface area contributed by atoms with Gasteiger partial charge in [-0.05, 0) is 29.5 Å². The molecule has 0 saturated heterocycles. The number of carboxylic acid groups (broad SMARTS) is 1. The minimum atomic E-state index is -1.11. The van der Waals surface area contributed by atoms with Gasteiger partial charge in [-0.3, -0.25) is 4.79 Å². The van der Waals surface area contributed by atoms with Crippen LogP contribution in [-0.2, 0) is 4.79 Å². The highest BCUT2D eigenvalue weighted by atomic mass is 16.5. The summed E-state index contributed by atoms with van der Waals surface area (Å²) in [5, 5.41) is 8.69. The number of benzene rings is 2. The molecule has 0 saturated carbocycles. The molecule has 2 rings (SSSR count). The van der Waals surface area contributed by atoms with E-state index in [2.05, 4.69) is 55.8 Å². The molecule has 0 heterocycles. The standard InChI is InChI=1S/C11H16.C9H8O4/c1-9(2)10(3)11-7-5-4-6-8-11;1-6(10)13-8-5-3-2-4-7(8)9(11)12/h4-10H,1-3H3;2-5H,1H3,(H,11,12). The van der Waals surface area contributed by atoms with Gasteiger partial charge in [-0.15, -0.1) is 0 Å². The molecule has 1 unspecified atom stereocenters. The molecule has 0 aliphatic rings. The Morgan fingerprint density at radius 1 is 0.917 bits per heavy atom. The molecule has 0 spiro atoms. The van der Waals surface area contributed by atoms with E-state index in [-0.39, 0.29) is 11.3 Å². The first-order chi connectivity index (χ1) is 11.3. The topological polar surface area (TPSA) is 63.6 Å². The molecule has 24 heavy (non-hydrogen) atoms. The quantitative estimate of drug-likeness (QED) is 0.649. The minimum absolute atomic E-state index is 0.0160. The van der Waals surface area contributed by atoms with Crippen LogP contribution in [0.3, 0.4) is 0 Å². The SMILES string of the molecule is CC(=O)Oc1ccccc1C(=O)O.CC(C)C(C)c1ccccc1. The number of para-hydroxylation sites is 1. The number of aromatic carboxylic acids is 1. The molecule has 128 valence electrons. The smallest absolute Gasteiger partial charge is 0.339 e. The lowest BCUT2D eigenvalue weighted by Gasteiger charge is -2.15.